The van der Waals surface area contributed by atoms with Crippen LogP contribution in [-0.4, -0.2) is 34.9 Å². The molecule has 0 bridgehead atoms. The molecule has 20 heavy (non-hydrogen) atoms. The van der Waals surface area contributed by atoms with Crippen LogP contribution in [-0.2, 0) is 6.42 Å². The van der Waals surface area contributed by atoms with Crippen LogP contribution in [0.25, 0.3) is 0 Å². The Hall–Kier alpha value is -1.09. The van der Waals surface area contributed by atoms with Crippen molar-refractivity contribution in [3.8, 4) is 0 Å². The molecule has 1 atom stereocenters. The number of carbonyl (C=O) groups is 1. The molecular weight excluding hydrogens is 248 g/mol. The number of hydrogen-bond donors (Lipinski definition) is 0. The van der Waals surface area contributed by atoms with E-state index in [2.05, 4.69) is 50.3 Å². The Morgan fingerprint density at radius 3 is 2.55 bits per heavy atom. The fourth-order valence-corrected chi connectivity index (χ4v) is 3.32. The van der Waals surface area contributed by atoms with Gasteiger partial charge < -0.3 is 9.47 Å². The number of fused-ring (bicyclic) bond motifs is 1. The average molecular weight is 276 g/mol. The fraction of sp³-hybridized carbons (Fsp3) is 0.706. The average Bonchev–Trinajstić information content (AvgIpc) is 2.78. The molecule has 0 saturated carbocycles. The molecule has 3 heteroatoms. The van der Waals surface area contributed by atoms with Gasteiger partial charge in [-0.2, -0.15) is 0 Å². The van der Waals surface area contributed by atoms with Gasteiger partial charge in [-0.05, 0) is 37.9 Å². The molecule has 0 aromatic carbocycles. The Morgan fingerprint density at radius 1 is 1.30 bits per heavy atom. The normalized spacial score (nSPS) is 19.2. The van der Waals surface area contributed by atoms with E-state index in [1.807, 2.05) is 6.07 Å². The summed E-state index contributed by atoms with van der Waals surface area (Å²) in [5.74, 6) is 0.310. The van der Waals surface area contributed by atoms with Crippen molar-refractivity contribution in [2.45, 2.75) is 53.5 Å². The van der Waals surface area contributed by atoms with E-state index in [0.29, 0.717) is 18.2 Å². The van der Waals surface area contributed by atoms with Crippen LogP contribution >= 0.6 is 0 Å². The van der Waals surface area contributed by atoms with E-state index in [9.17, 15) is 4.79 Å². The monoisotopic (exact) mass is 276 g/mol. The van der Waals surface area contributed by atoms with Crippen LogP contribution in [0.15, 0.2) is 12.3 Å². The third kappa shape index (κ3) is 2.98. The van der Waals surface area contributed by atoms with Gasteiger partial charge in [0.05, 0.1) is 0 Å². The molecule has 1 aliphatic carbocycles. The zero-order chi connectivity index (χ0) is 14.9. The summed E-state index contributed by atoms with van der Waals surface area (Å²) >= 11 is 0. The Bertz CT molecular complexity index is 483. The number of carbonyl (C=O) groups excluding carboxylic acids is 1. The van der Waals surface area contributed by atoms with Gasteiger partial charge >= 0.3 is 0 Å². The molecule has 1 aromatic heterocycles. The van der Waals surface area contributed by atoms with Gasteiger partial charge in [0, 0.05) is 36.5 Å². The van der Waals surface area contributed by atoms with Crippen molar-refractivity contribution in [3.05, 3.63) is 23.5 Å². The van der Waals surface area contributed by atoms with Crippen LogP contribution < -0.4 is 0 Å². The van der Waals surface area contributed by atoms with Crippen LogP contribution in [0, 0.1) is 5.41 Å². The quantitative estimate of drug-likeness (QED) is 0.822. The maximum absolute atomic E-state index is 12.2. The number of rotatable bonds is 5. The summed E-state index contributed by atoms with van der Waals surface area (Å²) in [7, 11) is 0. The van der Waals surface area contributed by atoms with Crippen LogP contribution in [0.2, 0.25) is 0 Å². The molecular formula is C17H28N2O. The predicted molar refractivity (Wildman–Crippen MR) is 83.4 cm³/mol. The molecule has 0 saturated heterocycles. The molecule has 0 aliphatic heterocycles. The number of hydrogen-bond acceptors (Lipinski definition) is 2. The first-order chi connectivity index (χ1) is 9.38. The maximum atomic E-state index is 12.2. The first kappa shape index (κ1) is 15.3. The molecule has 0 spiro atoms. The summed E-state index contributed by atoms with van der Waals surface area (Å²) < 4.78 is 2.33. The second-order valence-corrected chi connectivity index (χ2v) is 6.86. The van der Waals surface area contributed by atoms with Crippen molar-refractivity contribution >= 4 is 5.78 Å². The van der Waals surface area contributed by atoms with Gasteiger partial charge in [0.25, 0.3) is 0 Å². The molecule has 0 radical (unpaired) electrons. The molecule has 3 nitrogen and oxygen atoms in total. The molecule has 1 aliphatic rings. The van der Waals surface area contributed by atoms with Crippen molar-refractivity contribution in [1.82, 2.24) is 9.47 Å². The van der Waals surface area contributed by atoms with Gasteiger partial charge in [-0.25, -0.2) is 0 Å². The van der Waals surface area contributed by atoms with Crippen molar-refractivity contribution in [2.24, 2.45) is 5.41 Å². The predicted octanol–water partition coefficient (Wildman–Crippen LogP) is 3.55. The van der Waals surface area contributed by atoms with Crippen molar-refractivity contribution in [2.75, 3.05) is 19.6 Å². The summed E-state index contributed by atoms with van der Waals surface area (Å²) in [6, 6.07) is 2.44. The van der Waals surface area contributed by atoms with Gasteiger partial charge in [0.1, 0.15) is 0 Å². The third-order valence-electron chi connectivity index (χ3n) is 4.50. The number of Topliss-reactive ketones (excluding diaryl/α,β-unsaturated/α-hetero) is 1. The second-order valence-electron chi connectivity index (χ2n) is 6.86. The summed E-state index contributed by atoms with van der Waals surface area (Å²) in [5, 5.41) is 0. The van der Waals surface area contributed by atoms with E-state index < -0.39 is 0 Å². The Labute approximate surface area is 123 Å². The number of nitrogens with zero attached hydrogens (tertiary/aromatic N) is 2. The lowest BCUT2D eigenvalue weighted by atomic mass is 9.76. The van der Waals surface area contributed by atoms with Crippen molar-refractivity contribution in [1.29, 1.82) is 0 Å². The summed E-state index contributed by atoms with van der Waals surface area (Å²) in [4.78, 5) is 14.7. The van der Waals surface area contributed by atoms with Crippen LogP contribution in [0.5, 0.6) is 0 Å². The molecule has 0 N–H and O–H groups in total. The number of ketones is 1. The second kappa shape index (κ2) is 5.72. The third-order valence-corrected chi connectivity index (χ3v) is 4.50. The van der Waals surface area contributed by atoms with Gasteiger partial charge in [-0.3, -0.25) is 4.79 Å². The lowest BCUT2D eigenvalue weighted by Crippen LogP contribution is -2.32. The van der Waals surface area contributed by atoms with E-state index >= 15 is 0 Å². The Morgan fingerprint density at radius 2 is 1.95 bits per heavy atom. The van der Waals surface area contributed by atoms with Crippen LogP contribution in [0.3, 0.4) is 0 Å². The van der Waals surface area contributed by atoms with E-state index in [4.69, 9.17) is 0 Å². The Kier molecular flexibility index (Phi) is 4.38. The smallest absolute Gasteiger partial charge is 0.165 e. The SMILES string of the molecule is CCN(CC)CC(C)n1ccc2c1CC(C)(C)CC2=O. The largest absolute Gasteiger partial charge is 0.347 e. The molecule has 2 rings (SSSR count). The van der Waals surface area contributed by atoms with Gasteiger partial charge in [-0.1, -0.05) is 27.7 Å². The first-order valence-corrected chi connectivity index (χ1v) is 7.83. The van der Waals surface area contributed by atoms with Crippen molar-refractivity contribution < 1.29 is 4.79 Å². The highest BCUT2D eigenvalue weighted by atomic mass is 16.1. The van der Waals surface area contributed by atoms with E-state index in [1.54, 1.807) is 0 Å². The molecule has 1 unspecified atom stereocenters. The minimum atomic E-state index is 0.0924. The van der Waals surface area contributed by atoms with Gasteiger partial charge in [0.15, 0.2) is 5.78 Å². The minimum Gasteiger partial charge on any atom is -0.347 e. The molecule has 112 valence electrons. The lowest BCUT2D eigenvalue weighted by molar-refractivity contribution is 0.0909. The molecule has 0 fully saturated rings. The summed E-state index contributed by atoms with van der Waals surface area (Å²) in [5.41, 5.74) is 2.29. The first-order valence-electron chi connectivity index (χ1n) is 7.83. The zero-order valence-electron chi connectivity index (χ0n) is 13.6. The van der Waals surface area contributed by atoms with Crippen LogP contribution in [0.4, 0.5) is 0 Å². The number of aromatic nitrogens is 1. The van der Waals surface area contributed by atoms with E-state index in [-0.39, 0.29) is 5.41 Å². The van der Waals surface area contributed by atoms with E-state index in [0.717, 1.165) is 31.6 Å². The fourth-order valence-electron chi connectivity index (χ4n) is 3.32. The molecule has 1 aromatic rings. The van der Waals surface area contributed by atoms with Crippen molar-refractivity contribution in [3.63, 3.8) is 0 Å². The lowest BCUT2D eigenvalue weighted by Gasteiger charge is -2.32. The molecule has 1 heterocycles. The highest BCUT2D eigenvalue weighted by Gasteiger charge is 2.33. The van der Waals surface area contributed by atoms with Crippen LogP contribution in [0.1, 0.15) is 63.1 Å². The van der Waals surface area contributed by atoms with E-state index in [1.165, 1.54) is 5.69 Å². The topological polar surface area (TPSA) is 25.2 Å². The Balaban J connectivity index is 2.25. The van der Waals surface area contributed by atoms with Gasteiger partial charge in [0.2, 0.25) is 0 Å². The maximum Gasteiger partial charge on any atom is 0.165 e. The molecule has 0 amide bonds. The summed E-state index contributed by atoms with van der Waals surface area (Å²) in [6.07, 6.45) is 3.79. The highest BCUT2D eigenvalue weighted by Crippen LogP contribution is 2.36. The van der Waals surface area contributed by atoms with Gasteiger partial charge in [-0.15, -0.1) is 0 Å². The zero-order valence-corrected chi connectivity index (χ0v) is 13.6. The number of likely N-dealkylation sites (N-methyl/N-ethyl adjacent to an activating group) is 1. The highest BCUT2D eigenvalue weighted by molar-refractivity contribution is 5.98. The summed E-state index contributed by atoms with van der Waals surface area (Å²) in [6.45, 7) is 14.2. The minimum absolute atomic E-state index is 0.0924. The standard InChI is InChI=1S/C17H28N2O/c1-6-18(7-2)12-13(3)19-9-8-14-15(19)10-17(4,5)11-16(14)20/h8-9,13H,6-7,10-12H2,1-5H3.